The van der Waals surface area contributed by atoms with Crippen LogP contribution in [0.15, 0.2) is 24.3 Å². The van der Waals surface area contributed by atoms with Crippen LogP contribution in [0.4, 0.5) is 0 Å². The lowest BCUT2D eigenvalue weighted by atomic mass is 9.99. The minimum Gasteiger partial charge on any atom is -0.462 e. The van der Waals surface area contributed by atoms with Gasteiger partial charge in [-0.1, -0.05) is 17.7 Å². The van der Waals surface area contributed by atoms with Crippen LogP contribution in [0.1, 0.15) is 5.56 Å². The van der Waals surface area contributed by atoms with E-state index in [2.05, 4.69) is 0 Å². The molecule has 0 spiro atoms. The highest BCUT2D eigenvalue weighted by Crippen LogP contribution is 2.24. The number of aryl methyl sites for hydroxylation is 1. The summed E-state index contributed by atoms with van der Waals surface area (Å²) in [7, 11) is 0. The summed E-state index contributed by atoms with van der Waals surface area (Å²) in [6.07, 6.45) is -6.30. The predicted octanol–water partition coefficient (Wildman–Crippen LogP) is -0.826. The molecule has 5 unspecified atom stereocenters. The van der Waals surface area contributed by atoms with Crippen molar-refractivity contribution in [3.8, 4) is 5.75 Å². The topological polar surface area (TPSA) is 99.4 Å². The summed E-state index contributed by atoms with van der Waals surface area (Å²) in [5.41, 5.74) is 1.06. The van der Waals surface area contributed by atoms with E-state index in [0.717, 1.165) is 5.56 Å². The number of aliphatic hydroxyl groups is 4. The van der Waals surface area contributed by atoms with E-state index in [1.165, 1.54) is 0 Å². The van der Waals surface area contributed by atoms with Crippen molar-refractivity contribution in [2.24, 2.45) is 0 Å². The van der Waals surface area contributed by atoms with Crippen molar-refractivity contribution in [1.29, 1.82) is 0 Å². The van der Waals surface area contributed by atoms with Crippen molar-refractivity contribution in [2.75, 3.05) is 6.61 Å². The number of hydrogen-bond acceptors (Lipinski definition) is 6. The quantitative estimate of drug-likeness (QED) is 0.572. The number of aliphatic hydroxyl groups excluding tert-OH is 4. The summed E-state index contributed by atoms with van der Waals surface area (Å²) in [4.78, 5) is 0. The zero-order chi connectivity index (χ0) is 14.0. The van der Waals surface area contributed by atoms with Crippen LogP contribution in [0.5, 0.6) is 5.75 Å². The summed E-state index contributed by atoms with van der Waals surface area (Å²) >= 11 is 0. The SMILES string of the molecule is Cc1ccc(OC2OC(CO)C(O)C(O)C2O)cc1. The van der Waals surface area contributed by atoms with Crippen molar-refractivity contribution < 1.29 is 29.9 Å². The monoisotopic (exact) mass is 270 g/mol. The Labute approximate surface area is 110 Å². The van der Waals surface area contributed by atoms with Gasteiger partial charge in [0.2, 0.25) is 6.29 Å². The molecule has 0 aromatic heterocycles. The first-order chi connectivity index (χ1) is 9.02. The molecule has 1 saturated heterocycles. The van der Waals surface area contributed by atoms with Crippen LogP contribution >= 0.6 is 0 Å². The van der Waals surface area contributed by atoms with Gasteiger partial charge >= 0.3 is 0 Å². The summed E-state index contributed by atoms with van der Waals surface area (Å²) in [6.45, 7) is 1.45. The van der Waals surface area contributed by atoms with Gasteiger partial charge in [-0.3, -0.25) is 0 Å². The Hall–Kier alpha value is -1.18. The third-order valence-corrected chi connectivity index (χ3v) is 3.12. The fourth-order valence-corrected chi connectivity index (χ4v) is 1.92. The number of benzene rings is 1. The fourth-order valence-electron chi connectivity index (χ4n) is 1.92. The van der Waals surface area contributed by atoms with E-state index in [1.54, 1.807) is 12.1 Å². The summed E-state index contributed by atoms with van der Waals surface area (Å²) < 4.78 is 10.7. The number of ether oxygens (including phenoxy) is 2. The first-order valence-electron chi connectivity index (χ1n) is 6.07. The first kappa shape index (κ1) is 14.2. The van der Waals surface area contributed by atoms with E-state index < -0.39 is 37.3 Å². The molecule has 2 rings (SSSR count). The van der Waals surface area contributed by atoms with Gasteiger partial charge in [0.25, 0.3) is 0 Å². The highest BCUT2D eigenvalue weighted by molar-refractivity contribution is 5.26. The molecule has 106 valence electrons. The molecule has 0 bridgehead atoms. The number of hydrogen-bond donors (Lipinski definition) is 4. The first-order valence-corrected chi connectivity index (χ1v) is 6.07. The van der Waals surface area contributed by atoms with Crippen LogP contribution in [0.2, 0.25) is 0 Å². The zero-order valence-corrected chi connectivity index (χ0v) is 10.5. The molecule has 6 nitrogen and oxygen atoms in total. The van der Waals surface area contributed by atoms with Crippen molar-refractivity contribution in [3.05, 3.63) is 29.8 Å². The van der Waals surface area contributed by atoms with Gasteiger partial charge in [0.15, 0.2) is 0 Å². The Bertz CT molecular complexity index is 404. The molecule has 1 aromatic rings. The fraction of sp³-hybridized carbons (Fsp3) is 0.538. The Kier molecular flexibility index (Phi) is 4.38. The second-order valence-electron chi connectivity index (χ2n) is 4.63. The molecule has 1 fully saturated rings. The molecule has 6 heteroatoms. The summed E-state index contributed by atoms with van der Waals surface area (Å²) in [6, 6.07) is 7.08. The molecule has 1 aliphatic heterocycles. The van der Waals surface area contributed by atoms with Gasteiger partial charge in [0.1, 0.15) is 30.2 Å². The average molecular weight is 270 g/mol. The zero-order valence-electron chi connectivity index (χ0n) is 10.5. The molecular formula is C13H18O6. The maximum absolute atomic E-state index is 9.80. The molecule has 19 heavy (non-hydrogen) atoms. The Morgan fingerprint density at radius 1 is 1.05 bits per heavy atom. The molecule has 1 heterocycles. The van der Waals surface area contributed by atoms with Gasteiger partial charge in [0.05, 0.1) is 6.61 Å². The van der Waals surface area contributed by atoms with Crippen LogP contribution < -0.4 is 4.74 Å². The Balaban J connectivity index is 2.08. The molecule has 0 amide bonds. The van der Waals surface area contributed by atoms with E-state index in [-0.39, 0.29) is 0 Å². The second kappa shape index (κ2) is 5.85. The largest absolute Gasteiger partial charge is 0.462 e. The van der Waals surface area contributed by atoms with Crippen molar-refractivity contribution >= 4 is 0 Å². The molecule has 0 aliphatic carbocycles. The Morgan fingerprint density at radius 3 is 2.26 bits per heavy atom. The normalized spacial score (nSPS) is 35.1. The van der Waals surface area contributed by atoms with Crippen LogP contribution in [-0.2, 0) is 4.74 Å². The predicted molar refractivity (Wildman–Crippen MR) is 65.6 cm³/mol. The van der Waals surface area contributed by atoms with Crippen LogP contribution in [0.25, 0.3) is 0 Å². The van der Waals surface area contributed by atoms with Crippen molar-refractivity contribution in [3.63, 3.8) is 0 Å². The smallest absolute Gasteiger partial charge is 0.229 e. The van der Waals surface area contributed by atoms with Crippen LogP contribution in [-0.4, -0.2) is 57.7 Å². The lowest BCUT2D eigenvalue weighted by Gasteiger charge is -2.39. The third kappa shape index (κ3) is 3.05. The van der Waals surface area contributed by atoms with E-state index in [9.17, 15) is 15.3 Å². The minimum absolute atomic E-state index is 0.468. The molecule has 0 saturated carbocycles. The van der Waals surface area contributed by atoms with Crippen LogP contribution in [0, 0.1) is 6.92 Å². The summed E-state index contributed by atoms with van der Waals surface area (Å²) in [5.74, 6) is 0.468. The van der Waals surface area contributed by atoms with Crippen molar-refractivity contribution in [2.45, 2.75) is 37.6 Å². The lowest BCUT2D eigenvalue weighted by Crippen LogP contribution is -2.60. The molecule has 0 radical (unpaired) electrons. The maximum Gasteiger partial charge on any atom is 0.229 e. The van der Waals surface area contributed by atoms with Gasteiger partial charge < -0.3 is 29.9 Å². The third-order valence-electron chi connectivity index (χ3n) is 3.12. The van der Waals surface area contributed by atoms with E-state index in [4.69, 9.17) is 14.6 Å². The van der Waals surface area contributed by atoms with Gasteiger partial charge in [-0.2, -0.15) is 0 Å². The highest BCUT2D eigenvalue weighted by atomic mass is 16.7. The summed E-state index contributed by atoms with van der Waals surface area (Å²) in [5, 5.41) is 38.1. The second-order valence-corrected chi connectivity index (χ2v) is 4.63. The minimum atomic E-state index is -1.43. The lowest BCUT2D eigenvalue weighted by molar-refractivity contribution is -0.277. The van der Waals surface area contributed by atoms with Gasteiger partial charge in [-0.15, -0.1) is 0 Å². The molecule has 1 aromatic carbocycles. The number of rotatable bonds is 3. The molecular weight excluding hydrogens is 252 g/mol. The molecule has 5 atom stereocenters. The Morgan fingerprint density at radius 2 is 1.68 bits per heavy atom. The molecule has 1 aliphatic rings. The average Bonchev–Trinajstić information content (AvgIpc) is 2.42. The van der Waals surface area contributed by atoms with Crippen molar-refractivity contribution in [1.82, 2.24) is 0 Å². The maximum atomic E-state index is 9.80. The standard InChI is InChI=1S/C13H18O6/c1-7-2-4-8(5-3-7)18-13-12(17)11(16)10(15)9(6-14)19-13/h2-5,9-17H,6H2,1H3. The van der Waals surface area contributed by atoms with Gasteiger partial charge in [0, 0.05) is 0 Å². The van der Waals surface area contributed by atoms with Gasteiger partial charge in [-0.25, -0.2) is 0 Å². The van der Waals surface area contributed by atoms with Crippen LogP contribution in [0.3, 0.4) is 0 Å². The molecule has 4 N–H and O–H groups in total. The van der Waals surface area contributed by atoms with E-state index in [1.807, 2.05) is 19.1 Å². The van der Waals surface area contributed by atoms with E-state index >= 15 is 0 Å². The van der Waals surface area contributed by atoms with Gasteiger partial charge in [-0.05, 0) is 19.1 Å². The highest BCUT2D eigenvalue weighted by Gasteiger charge is 2.44. The van der Waals surface area contributed by atoms with E-state index in [0.29, 0.717) is 5.75 Å².